The molecule has 5 heteroatoms. The molecule has 1 aromatic heterocycles. The third-order valence-corrected chi connectivity index (χ3v) is 3.61. The van der Waals surface area contributed by atoms with Crippen LogP contribution in [0.1, 0.15) is 29.8 Å². The molecule has 1 aromatic rings. The summed E-state index contributed by atoms with van der Waals surface area (Å²) in [6, 6.07) is 0. The molecule has 0 saturated heterocycles. The van der Waals surface area contributed by atoms with Crippen molar-refractivity contribution >= 4 is 5.97 Å². The Bertz CT molecular complexity index is 449. The summed E-state index contributed by atoms with van der Waals surface area (Å²) in [7, 11) is 1.92. The van der Waals surface area contributed by atoms with Crippen molar-refractivity contribution in [1.82, 2.24) is 14.7 Å². The van der Waals surface area contributed by atoms with Crippen molar-refractivity contribution in [2.24, 2.45) is 13.0 Å². The van der Waals surface area contributed by atoms with E-state index in [9.17, 15) is 4.79 Å². The highest BCUT2D eigenvalue weighted by atomic mass is 16.4. The molecule has 1 saturated carbocycles. The van der Waals surface area contributed by atoms with Crippen LogP contribution in [-0.4, -0.2) is 38.8 Å². The van der Waals surface area contributed by atoms with Crippen LogP contribution < -0.4 is 0 Å². The Labute approximate surface area is 107 Å². The summed E-state index contributed by atoms with van der Waals surface area (Å²) in [6.07, 6.45) is 2.47. The molecule has 1 aliphatic rings. The maximum Gasteiger partial charge on any atom is 0.317 e. The summed E-state index contributed by atoms with van der Waals surface area (Å²) >= 11 is 0. The Morgan fingerprint density at radius 3 is 2.61 bits per heavy atom. The van der Waals surface area contributed by atoms with Gasteiger partial charge in [0.2, 0.25) is 0 Å². The number of aromatic nitrogens is 2. The lowest BCUT2D eigenvalue weighted by atomic mass is 10.1. The molecule has 1 fully saturated rings. The normalized spacial score (nSPS) is 15.3. The Hall–Kier alpha value is -1.36. The quantitative estimate of drug-likeness (QED) is 0.828. The number of aliphatic carboxylic acids is 1. The van der Waals surface area contributed by atoms with Gasteiger partial charge in [0, 0.05) is 31.4 Å². The van der Waals surface area contributed by atoms with Crippen molar-refractivity contribution in [3.63, 3.8) is 0 Å². The minimum Gasteiger partial charge on any atom is -0.480 e. The van der Waals surface area contributed by atoms with Crippen LogP contribution in [0.2, 0.25) is 0 Å². The van der Waals surface area contributed by atoms with E-state index in [4.69, 9.17) is 5.11 Å². The molecular formula is C13H21N3O2. The number of carboxylic acid groups (broad SMARTS) is 1. The molecule has 2 rings (SSSR count). The van der Waals surface area contributed by atoms with Crippen LogP contribution in [0.15, 0.2) is 0 Å². The molecule has 0 aromatic carbocycles. The highest BCUT2D eigenvalue weighted by Gasteiger charge is 2.26. The van der Waals surface area contributed by atoms with Crippen LogP contribution in [0, 0.1) is 19.8 Å². The number of hydrogen-bond acceptors (Lipinski definition) is 3. The molecule has 0 aliphatic heterocycles. The number of carboxylic acids is 1. The summed E-state index contributed by atoms with van der Waals surface area (Å²) in [6.45, 7) is 5.71. The Kier molecular flexibility index (Phi) is 3.71. The maximum absolute atomic E-state index is 10.9. The van der Waals surface area contributed by atoms with E-state index in [-0.39, 0.29) is 6.54 Å². The van der Waals surface area contributed by atoms with E-state index in [1.165, 1.54) is 18.4 Å². The van der Waals surface area contributed by atoms with Crippen molar-refractivity contribution in [3.8, 4) is 0 Å². The van der Waals surface area contributed by atoms with E-state index < -0.39 is 5.97 Å². The van der Waals surface area contributed by atoms with Gasteiger partial charge in [0.15, 0.2) is 0 Å². The summed E-state index contributed by atoms with van der Waals surface area (Å²) in [5, 5.41) is 13.4. The Balaban J connectivity index is 2.08. The first kappa shape index (κ1) is 13.1. The summed E-state index contributed by atoms with van der Waals surface area (Å²) in [4.78, 5) is 12.9. The highest BCUT2D eigenvalue weighted by molar-refractivity contribution is 5.69. The van der Waals surface area contributed by atoms with Gasteiger partial charge >= 0.3 is 5.97 Å². The van der Waals surface area contributed by atoms with Crippen molar-refractivity contribution in [2.45, 2.75) is 33.2 Å². The van der Waals surface area contributed by atoms with E-state index in [2.05, 4.69) is 5.10 Å². The average molecular weight is 251 g/mol. The van der Waals surface area contributed by atoms with E-state index in [1.807, 2.05) is 30.5 Å². The lowest BCUT2D eigenvalue weighted by Gasteiger charge is -2.20. The topological polar surface area (TPSA) is 58.4 Å². The molecule has 0 unspecified atom stereocenters. The fourth-order valence-electron chi connectivity index (χ4n) is 2.31. The molecule has 5 nitrogen and oxygen atoms in total. The minimum absolute atomic E-state index is 0.115. The summed E-state index contributed by atoms with van der Waals surface area (Å²) in [5.41, 5.74) is 3.29. The SMILES string of the molecule is Cc1nn(C)c(C)c1CN(CC(=O)O)CC1CC1. The summed E-state index contributed by atoms with van der Waals surface area (Å²) in [5.74, 6) is -0.0588. The van der Waals surface area contributed by atoms with Crippen molar-refractivity contribution in [2.75, 3.05) is 13.1 Å². The fraction of sp³-hybridized carbons (Fsp3) is 0.692. The zero-order valence-corrected chi connectivity index (χ0v) is 11.3. The summed E-state index contributed by atoms with van der Waals surface area (Å²) < 4.78 is 1.86. The molecular weight excluding hydrogens is 230 g/mol. The maximum atomic E-state index is 10.9. The Morgan fingerprint density at radius 2 is 2.17 bits per heavy atom. The van der Waals surface area contributed by atoms with E-state index in [1.54, 1.807) is 0 Å². The molecule has 1 N–H and O–H groups in total. The molecule has 0 amide bonds. The second kappa shape index (κ2) is 5.10. The second-order valence-electron chi connectivity index (χ2n) is 5.28. The predicted molar refractivity (Wildman–Crippen MR) is 68.3 cm³/mol. The van der Waals surface area contributed by atoms with Crippen LogP contribution in [0.5, 0.6) is 0 Å². The van der Waals surface area contributed by atoms with Crippen molar-refractivity contribution in [3.05, 3.63) is 17.0 Å². The van der Waals surface area contributed by atoms with Gasteiger partial charge in [-0.25, -0.2) is 0 Å². The highest BCUT2D eigenvalue weighted by Crippen LogP contribution is 2.30. The average Bonchev–Trinajstić information content (AvgIpc) is 3.03. The zero-order valence-electron chi connectivity index (χ0n) is 11.3. The van der Waals surface area contributed by atoms with Gasteiger partial charge in [-0.05, 0) is 32.6 Å². The zero-order chi connectivity index (χ0) is 13.3. The fourth-order valence-corrected chi connectivity index (χ4v) is 2.31. The lowest BCUT2D eigenvalue weighted by molar-refractivity contribution is -0.138. The number of hydrogen-bond donors (Lipinski definition) is 1. The van der Waals surface area contributed by atoms with Gasteiger partial charge in [0.1, 0.15) is 0 Å². The minimum atomic E-state index is -0.755. The molecule has 0 spiro atoms. The van der Waals surface area contributed by atoms with Gasteiger partial charge in [-0.3, -0.25) is 14.4 Å². The van der Waals surface area contributed by atoms with Gasteiger partial charge in [0.25, 0.3) is 0 Å². The predicted octanol–water partition coefficient (Wildman–Crippen LogP) is 1.33. The van der Waals surface area contributed by atoms with Gasteiger partial charge in [0.05, 0.1) is 12.2 Å². The van der Waals surface area contributed by atoms with Gasteiger partial charge in [-0.2, -0.15) is 5.10 Å². The van der Waals surface area contributed by atoms with E-state index in [0.29, 0.717) is 12.5 Å². The number of carbonyl (C=O) groups is 1. The van der Waals surface area contributed by atoms with Gasteiger partial charge in [-0.15, -0.1) is 0 Å². The van der Waals surface area contributed by atoms with Crippen LogP contribution in [0.4, 0.5) is 0 Å². The molecule has 100 valence electrons. The lowest BCUT2D eigenvalue weighted by Crippen LogP contribution is -2.31. The molecule has 1 heterocycles. The largest absolute Gasteiger partial charge is 0.480 e. The van der Waals surface area contributed by atoms with Gasteiger partial charge in [-0.1, -0.05) is 0 Å². The smallest absolute Gasteiger partial charge is 0.317 e. The molecule has 0 radical (unpaired) electrons. The first-order valence-corrected chi connectivity index (χ1v) is 6.40. The second-order valence-corrected chi connectivity index (χ2v) is 5.28. The van der Waals surface area contributed by atoms with Gasteiger partial charge < -0.3 is 5.11 Å². The van der Waals surface area contributed by atoms with E-state index in [0.717, 1.165) is 17.9 Å². The van der Waals surface area contributed by atoms with Crippen LogP contribution >= 0.6 is 0 Å². The van der Waals surface area contributed by atoms with E-state index >= 15 is 0 Å². The number of nitrogens with zero attached hydrogens (tertiary/aromatic N) is 3. The molecule has 0 atom stereocenters. The van der Waals surface area contributed by atoms with Crippen molar-refractivity contribution in [1.29, 1.82) is 0 Å². The first-order valence-electron chi connectivity index (χ1n) is 6.40. The Morgan fingerprint density at radius 1 is 1.50 bits per heavy atom. The van der Waals surface area contributed by atoms with Crippen LogP contribution in [-0.2, 0) is 18.4 Å². The molecule has 0 bridgehead atoms. The third-order valence-electron chi connectivity index (χ3n) is 3.61. The number of aryl methyl sites for hydroxylation is 2. The standard InChI is InChI=1S/C13H21N3O2/c1-9-12(10(2)15(3)14-9)7-16(8-13(17)18)6-11-4-5-11/h11H,4-8H2,1-3H3,(H,17,18). The number of rotatable bonds is 6. The first-order chi connectivity index (χ1) is 8.47. The van der Waals surface area contributed by atoms with Crippen LogP contribution in [0.3, 0.4) is 0 Å². The molecule has 18 heavy (non-hydrogen) atoms. The third kappa shape index (κ3) is 3.10. The monoisotopic (exact) mass is 251 g/mol. The molecule has 1 aliphatic carbocycles. The van der Waals surface area contributed by atoms with Crippen molar-refractivity contribution < 1.29 is 9.90 Å². The van der Waals surface area contributed by atoms with Crippen LogP contribution in [0.25, 0.3) is 0 Å².